The van der Waals surface area contributed by atoms with Crippen LogP contribution in [0, 0.1) is 0 Å². The van der Waals surface area contributed by atoms with Crippen LogP contribution in [0.3, 0.4) is 0 Å². The largest absolute Gasteiger partial charge is 0.368 e. The summed E-state index contributed by atoms with van der Waals surface area (Å²) >= 11 is 0. The van der Waals surface area contributed by atoms with E-state index in [4.69, 9.17) is 5.73 Å². The molecule has 2 aromatic heterocycles. The molecule has 1 aliphatic heterocycles. The molecule has 0 aliphatic carbocycles. The molecule has 0 radical (unpaired) electrons. The number of hydrogen-bond donors (Lipinski definition) is 3. The van der Waals surface area contributed by atoms with Gasteiger partial charge in [-0.1, -0.05) is 36.4 Å². The van der Waals surface area contributed by atoms with Crippen LogP contribution in [0.2, 0.25) is 0 Å². The Hall–Kier alpha value is -3.94. The standard InChI is InChI=1S/C21H19N7O/c22-21-25-18(16-11-23-27-19(16)26-21)24-15-10-14-8-4-5-9-17(14)28(12-15)20(29)13-6-2-1-3-7-13/h1-9,11,15H,10,12H2,(H4,22,23,24,25,26,27). The van der Waals surface area contributed by atoms with Crippen LogP contribution in [0.25, 0.3) is 11.0 Å². The predicted molar refractivity (Wildman–Crippen MR) is 112 cm³/mol. The molecular formula is C21H19N7O. The molecule has 0 saturated carbocycles. The molecule has 5 rings (SSSR count). The van der Waals surface area contributed by atoms with Crippen molar-refractivity contribution in [2.24, 2.45) is 0 Å². The molecule has 0 saturated heterocycles. The highest BCUT2D eigenvalue weighted by Gasteiger charge is 2.29. The Morgan fingerprint density at radius 2 is 1.90 bits per heavy atom. The van der Waals surface area contributed by atoms with Gasteiger partial charge in [0.25, 0.3) is 5.91 Å². The summed E-state index contributed by atoms with van der Waals surface area (Å²) in [6.45, 7) is 0.508. The fourth-order valence-electron chi connectivity index (χ4n) is 3.78. The first-order chi connectivity index (χ1) is 14.2. The van der Waals surface area contributed by atoms with Gasteiger partial charge in [-0.25, -0.2) is 0 Å². The molecule has 0 spiro atoms. The maximum Gasteiger partial charge on any atom is 0.258 e. The number of H-pyrrole nitrogens is 1. The van der Waals surface area contributed by atoms with Crippen LogP contribution < -0.4 is 16.0 Å². The first-order valence-corrected chi connectivity index (χ1v) is 9.37. The highest BCUT2D eigenvalue weighted by Crippen LogP contribution is 2.30. The van der Waals surface area contributed by atoms with Gasteiger partial charge in [0.15, 0.2) is 5.65 Å². The quantitative estimate of drug-likeness (QED) is 0.500. The summed E-state index contributed by atoms with van der Waals surface area (Å²) in [7, 11) is 0. The van der Waals surface area contributed by atoms with Crippen molar-refractivity contribution in [2.45, 2.75) is 12.5 Å². The Bertz CT molecular complexity index is 1190. The van der Waals surface area contributed by atoms with Gasteiger partial charge in [0.2, 0.25) is 5.95 Å². The monoisotopic (exact) mass is 385 g/mol. The van der Waals surface area contributed by atoms with Gasteiger partial charge in [-0.3, -0.25) is 9.89 Å². The van der Waals surface area contributed by atoms with Crippen LogP contribution in [0.4, 0.5) is 17.5 Å². The molecule has 0 fully saturated rings. The van der Waals surface area contributed by atoms with Crippen LogP contribution in [0.15, 0.2) is 60.8 Å². The van der Waals surface area contributed by atoms with Gasteiger partial charge in [0, 0.05) is 23.8 Å². The van der Waals surface area contributed by atoms with Crippen molar-refractivity contribution in [3.63, 3.8) is 0 Å². The minimum atomic E-state index is -0.0371. The summed E-state index contributed by atoms with van der Waals surface area (Å²) in [5.41, 5.74) is 9.12. The minimum Gasteiger partial charge on any atom is -0.368 e. The number of fused-ring (bicyclic) bond motifs is 2. The number of carbonyl (C=O) groups is 1. The number of nitrogen functional groups attached to an aromatic ring is 1. The maximum atomic E-state index is 13.2. The van der Waals surface area contributed by atoms with Crippen molar-refractivity contribution in [1.29, 1.82) is 0 Å². The SMILES string of the molecule is Nc1nc(NC2Cc3ccccc3N(C(=O)c3ccccc3)C2)c2cn[nH]c2n1. The fraction of sp³-hybridized carbons (Fsp3) is 0.143. The third kappa shape index (κ3) is 3.14. The number of nitrogens with two attached hydrogens (primary N) is 1. The van der Waals surface area contributed by atoms with Crippen LogP contribution in [-0.2, 0) is 6.42 Å². The van der Waals surface area contributed by atoms with Gasteiger partial charge in [-0.05, 0) is 30.2 Å². The third-order valence-electron chi connectivity index (χ3n) is 5.09. The molecule has 4 N–H and O–H groups in total. The number of nitrogens with one attached hydrogen (secondary N) is 2. The van der Waals surface area contributed by atoms with Crippen molar-refractivity contribution >= 4 is 34.4 Å². The van der Waals surface area contributed by atoms with E-state index in [1.807, 2.05) is 53.4 Å². The molecule has 0 bridgehead atoms. The molecule has 1 aliphatic rings. The zero-order valence-electron chi connectivity index (χ0n) is 15.5. The Morgan fingerprint density at radius 3 is 2.76 bits per heavy atom. The molecule has 1 unspecified atom stereocenters. The summed E-state index contributed by atoms with van der Waals surface area (Å²) < 4.78 is 0. The van der Waals surface area contributed by atoms with Crippen molar-refractivity contribution in [2.75, 3.05) is 22.5 Å². The first-order valence-electron chi connectivity index (χ1n) is 9.37. The van der Waals surface area contributed by atoms with Gasteiger partial charge in [0.1, 0.15) is 5.82 Å². The molecule has 29 heavy (non-hydrogen) atoms. The minimum absolute atomic E-state index is 0.0276. The van der Waals surface area contributed by atoms with E-state index in [2.05, 4.69) is 31.5 Å². The van der Waals surface area contributed by atoms with Crippen molar-refractivity contribution < 1.29 is 4.79 Å². The number of aromatic amines is 1. The lowest BCUT2D eigenvalue weighted by Gasteiger charge is -2.35. The van der Waals surface area contributed by atoms with Crippen molar-refractivity contribution in [3.8, 4) is 0 Å². The lowest BCUT2D eigenvalue weighted by atomic mass is 9.97. The van der Waals surface area contributed by atoms with E-state index in [0.717, 1.165) is 23.1 Å². The van der Waals surface area contributed by atoms with E-state index < -0.39 is 0 Å². The maximum absolute atomic E-state index is 13.2. The molecule has 1 amide bonds. The fourth-order valence-corrected chi connectivity index (χ4v) is 3.78. The van der Waals surface area contributed by atoms with E-state index in [1.54, 1.807) is 6.20 Å². The molecule has 4 aromatic rings. The number of nitrogens with zero attached hydrogens (tertiary/aromatic N) is 4. The van der Waals surface area contributed by atoms with Crippen LogP contribution >= 0.6 is 0 Å². The van der Waals surface area contributed by atoms with E-state index in [1.165, 1.54) is 0 Å². The molecule has 2 aromatic carbocycles. The number of amides is 1. The molecule has 8 heteroatoms. The van der Waals surface area contributed by atoms with Crippen molar-refractivity contribution in [3.05, 3.63) is 71.9 Å². The van der Waals surface area contributed by atoms with Crippen LogP contribution in [-0.4, -0.2) is 38.7 Å². The number of para-hydroxylation sites is 1. The summed E-state index contributed by atoms with van der Waals surface area (Å²) in [6, 6.07) is 17.3. The highest BCUT2D eigenvalue weighted by molar-refractivity contribution is 6.07. The Kier molecular flexibility index (Phi) is 4.09. The van der Waals surface area contributed by atoms with Crippen LogP contribution in [0.5, 0.6) is 0 Å². The smallest absolute Gasteiger partial charge is 0.258 e. The third-order valence-corrected chi connectivity index (χ3v) is 5.09. The van der Waals surface area contributed by atoms with Gasteiger partial charge < -0.3 is 16.0 Å². The predicted octanol–water partition coefficient (Wildman–Crippen LogP) is 2.62. The zero-order valence-corrected chi connectivity index (χ0v) is 15.5. The van der Waals surface area contributed by atoms with Gasteiger partial charge in [0.05, 0.1) is 11.6 Å². The number of anilines is 3. The lowest BCUT2D eigenvalue weighted by Crippen LogP contribution is -2.45. The summed E-state index contributed by atoms with van der Waals surface area (Å²) in [6.07, 6.45) is 2.43. The summed E-state index contributed by atoms with van der Waals surface area (Å²) in [4.78, 5) is 23.5. The number of hydrogen-bond acceptors (Lipinski definition) is 6. The van der Waals surface area contributed by atoms with E-state index in [0.29, 0.717) is 23.6 Å². The number of rotatable bonds is 3. The summed E-state index contributed by atoms with van der Waals surface area (Å²) in [5.74, 6) is 0.746. The molecule has 1 atom stereocenters. The Balaban J connectivity index is 1.50. The summed E-state index contributed by atoms with van der Waals surface area (Å²) in [5, 5.41) is 11.0. The van der Waals surface area contributed by atoms with Crippen molar-refractivity contribution in [1.82, 2.24) is 20.2 Å². The van der Waals surface area contributed by atoms with Gasteiger partial charge in [-0.15, -0.1) is 0 Å². The van der Waals surface area contributed by atoms with Gasteiger partial charge in [-0.2, -0.15) is 15.1 Å². The van der Waals surface area contributed by atoms with E-state index in [-0.39, 0.29) is 17.9 Å². The van der Waals surface area contributed by atoms with E-state index in [9.17, 15) is 4.79 Å². The number of aromatic nitrogens is 4. The topological polar surface area (TPSA) is 113 Å². The van der Waals surface area contributed by atoms with Gasteiger partial charge >= 0.3 is 0 Å². The second-order valence-electron chi connectivity index (χ2n) is 7.02. The normalized spacial score (nSPS) is 15.9. The Morgan fingerprint density at radius 1 is 1.10 bits per heavy atom. The molecule has 8 nitrogen and oxygen atoms in total. The molecule has 3 heterocycles. The first kappa shape index (κ1) is 17.2. The second kappa shape index (κ2) is 6.90. The molecule has 144 valence electrons. The Labute approximate surface area is 166 Å². The number of carbonyl (C=O) groups excluding carboxylic acids is 1. The number of benzene rings is 2. The highest BCUT2D eigenvalue weighted by atomic mass is 16.2. The van der Waals surface area contributed by atoms with Crippen LogP contribution in [0.1, 0.15) is 15.9 Å². The van der Waals surface area contributed by atoms with E-state index >= 15 is 0 Å². The zero-order chi connectivity index (χ0) is 19.8. The lowest BCUT2D eigenvalue weighted by molar-refractivity contribution is 0.0984. The second-order valence-corrected chi connectivity index (χ2v) is 7.02. The average Bonchev–Trinajstić information content (AvgIpc) is 3.22. The average molecular weight is 385 g/mol. The molecular weight excluding hydrogens is 366 g/mol.